The molecule has 92 valence electrons. The molecular weight excluding hydrogens is 200 g/mol. The molecule has 16 heavy (non-hydrogen) atoms. The Bertz CT molecular complexity index is 257. The van der Waals surface area contributed by atoms with Gasteiger partial charge in [0.2, 0.25) is 0 Å². The summed E-state index contributed by atoms with van der Waals surface area (Å²) in [5.41, 5.74) is 1.25. The van der Waals surface area contributed by atoms with Crippen LogP contribution in [0.4, 0.5) is 0 Å². The molecule has 1 heterocycles. The summed E-state index contributed by atoms with van der Waals surface area (Å²) in [5, 5.41) is 3.45. The highest BCUT2D eigenvalue weighted by atomic mass is 16.3. The molecular formula is C13H24N2O. The predicted octanol–water partition coefficient (Wildman–Crippen LogP) is 2.35. The molecule has 0 aliphatic rings. The molecule has 0 atom stereocenters. The summed E-state index contributed by atoms with van der Waals surface area (Å²) in [6.45, 7) is 8.78. The van der Waals surface area contributed by atoms with Gasteiger partial charge in [-0.25, -0.2) is 0 Å². The van der Waals surface area contributed by atoms with Crippen LogP contribution >= 0.6 is 0 Å². The largest absolute Gasteiger partial charge is 0.472 e. The lowest BCUT2D eigenvalue weighted by molar-refractivity contribution is 0.317. The Kier molecular flexibility index (Phi) is 6.19. The van der Waals surface area contributed by atoms with Crippen molar-refractivity contribution in [3.8, 4) is 0 Å². The number of furan rings is 1. The van der Waals surface area contributed by atoms with E-state index in [0.717, 1.165) is 32.1 Å². The monoisotopic (exact) mass is 224 g/mol. The average molecular weight is 224 g/mol. The Morgan fingerprint density at radius 3 is 2.88 bits per heavy atom. The van der Waals surface area contributed by atoms with Gasteiger partial charge in [0.25, 0.3) is 0 Å². The Hall–Kier alpha value is -0.800. The first-order chi connectivity index (χ1) is 7.68. The van der Waals surface area contributed by atoms with Gasteiger partial charge in [-0.05, 0) is 45.1 Å². The van der Waals surface area contributed by atoms with Crippen LogP contribution in [-0.2, 0) is 6.54 Å². The van der Waals surface area contributed by atoms with Crippen molar-refractivity contribution in [3.63, 3.8) is 0 Å². The quantitative estimate of drug-likeness (QED) is 0.687. The average Bonchev–Trinajstić information content (AvgIpc) is 2.69. The molecule has 0 saturated carbocycles. The van der Waals surface area contributed by atoms with Gasteiger partial charge in [0, 0.05) is 12.1 Å². The molecule has 1 N–H and O–H groups in total. The third-order valence-corrected chi connectivity index (χ3v) is 2.48. The van der Waals surface area contributed by atoms with Crippen molar-refractivity contribution < 1.29 is 4.42 Å². The topological polar surface area (TPSA) is 28.4 Å². The van der Waals surface area contributed by atoms with Gasteiger partial charge in [0.15, 0.2) is 0 Å². The van der Waals surface area contributed by atoms with Crippen LogP contribution in [0.5, 0.6) is 0 Å². The van der Waals surface area contributed by atoms with Gasteiger partial charge >= 0.3 is 0 Å². The molecule has 0 fully saturated rings. The van der Waals surface area contributed by atoms with Gasteiger partial charge in [-0.15, -0.1) is 0 Å². The first kappa shape index (κ1) is 13.3. The lowest BCUT2D eigenvalue weighted by Gasteiger charge is -2.15. The highest BCUT2D eigenvalue weighted by Crippen LogP contribution is 2.03. The van der Waals surface area contributed by atoms with Crippen LogP contribution in [0.1, 0.15) is 25.8 Å². The summed E-state index contributed by atoms with van der Waals surface area (Å²) in [4.78, 5) is 2.32. The molecule has 0 radical (unpaired) electrons. The minimum absolute atomic E-state index is 0.739. The van der Waals surface area contributed by atoms with Gasteiger partial charge in [0.05, 0.1) is 12.5 Å². The fourth-order valence-electron chi connectivity index (χ4n) is 1.64. The van der Waals surface area contributed by atoms with Crippen molar-refractivity contribution >= 4 is 0 Å². The maximum atomic E-state index is 5.05. The van der Waals surface area contributed by atoms with E-state index in [0.29, 0.717) is 0 Å². The van der Waals surface area contributed by atoms with Crippen LogP contribution in [0.25, 0.3) is 0 Å². The van der Waals surface area contributed by atoms with Crippen LogP contribution in [-0.4, -0.2) is 31.6 Å². The molecule has 1 aromatic rings. The van der Waals surface area contributed by atoms with Gasteiger partial charge in [-0.2, -0.15) is 0 Å². The van der Waals surface area contributed by atoms with Crippen LogP contribution in [0.3, 0.4) is 0 Å². The molecule has 0 saturated heterocycles. The van der Waals surface area contributed by atoms with Crippen LogP contribution in [0.15, 0.2) is 23.0 Å². The lowest BCUT2D eigenvalue weighted by Crippen LogP contribution is -2.25. The summed E-state index contributed by atoms with van der Waals surface area (Å²) < 4.78 is 5.05. The third-order valence-electron chi connectivity index (χ3n) is 2.48. The number of nitrogens with zero attached hydrogens (tertiary/aromatic N) is 1. The first-order valence-electron chi connectivity index (χ1n) is 6.09. The zero-order chi connectivity index (χ0) is 11.8. The first-order valence-corrected chi connectivity index (χ1v) is 6.09. The highest BCUT2D eigenvalue weighted by Gasteiger charge is 2.01. The van der Waals surface area contributed by atoms with Crippen LogP contribution in [0, 0.1) is 5.92 Å². The van der Waals surface area contributed by atoms with Crippen molar-refractivity contribution in [2.75, 3.05) is 26.7 Å². The van der Waals surface area contributed by atoms with E-state index >= 15 is 0 Å². The van der Waals surface area contributed by atoms with E-state index in [9.17, 15) is 0 Å². The van der Waals surface area contributed by atoms with E-state index in [-0.39, 0.29) is 0 Å². The molecule has 0 spiro atoms. The molecule has 0 unspecified atom stereocenters. The van der Waals surface area contributed by atoms with Gasteiger partial charge in [0.1, 0.15) is 0 Å². The van der Waals surface area contributed by atoms with E-state index < -0.39 is 0 Å². The van der Waals surface area contributed by atoms with Crippen molar-refractivity contribution in [2.24, 2.45) is 5.92 Å². The van der Waals surface area contributed by atoms with Crippen molar-refractivity contribution in [1.29, 1.82) is 0 Å². The Morgan fingerprint density at radius 1 is 1.44 bits per heavy atom. The summed E-state index contributed by atoms with van der Waals surface area (Å²) in [7, 11) is 2.15. The maximum Gasteiger partial charge on any atom is 0.0947 e. The van der Waals surface area contributed by atoms with Crippen molar-refractivity contribution in [3.05, 3.63) is 24.2 Å². The predicted molar refractivity (Wildman–Crippen MR) is 67.4 cm³/mol. The lowest BCUT2D eigenvalue weighted by atomic mass is 10.2. The number of hydrogen-bond acceptors (Lipinski definition) is 3. The van der Waals surface area contributed by atoms with E-state index in [1.165, 1.54) is 12.0 Å². The minimum atomic E-state index is 0.739. The molecule has 0 aromatic carbocycles. The summed E-state index contributed by atoms with van der Waals surface area (Å²) in [6.07, 6.45) is 4.74. The Balaban J connectivity index is 2.00. The molecule has 0 amide bonds. The Labute approximate surface area is 98.8 Å². The fourth-order valence-corrected chi connectivity index (χ4v) is 1.64. The maximum absolute atomic E-state index is 5.05. The second kappa shape index (κ2) is 7.47. The standard InChI is InChI=1S/C13H24N2O/c1-12(2)9-14-6-4-7-15(3)10-13-5-8-16-11-13/h5,8,11-12,14H,4,6-7,9-10H2,1-3H3. The molecule has 1 aromatic heterocycles. The molecule has 0 bridgehead atoms. The van der Waals surface area contributed by atoms with E-state index in [1.54, 1.807) is 6.26 Å². The zero-order valence-electron chi connectivity index (χ0n) is 10.7. The number of nitrogens with one attached hydrogen (secondary N) is 1. The van der Waals surface area contributed by atoms with Crippen LogP contribution in [0.2, 0.25) is 0 Å². The second-order valence-electron chi connectivity index (χ2n) is 4.82. The van der Waals surface area contributed by atoms with Crippen LogP contribution < -0.4 is 5.32 Å². The molecule has 1 rings (SSSR count). The SMILES string of the molecule is CC(C)CNCCCN(C)Cc1ccoc1. The van der Waals surface area contributed by atoms with Gasteiger partial charge in [-0.1, -0.05) is 13.8 Å². The molecule has 3 nitrogen and oxygen atoms in total. The second-order valence-corrected chi connectivity index (χ2v) is 4.82. The van der Waals surface area contributed by atoms with E-state index in [4.69, 9.17) is 4.42 Å². The number of rotatable bonds is 8. The fraction of sp³-hybridized carbons (Fsp3) is 0.692. The normalized spacial score (nSPS) is 11.6. The smallest absolute Gasteiger partial charge is 0.0947 e. The summed E-state index contributed by atoms with van der Waals surface area (Å²) in [5.74, 6) is 0.739. The molecule has 3 heteroatoms. The van der Waals surface area contributed by atoms with Gasteiger partial charge < -0.3 is 14.6 Å². The van der Waals surface area contributed by atoms with E-state index in [2.05, 4.69) is 31.1 Å². The number of hydrogen-bond donors (Lipinski definition) is 1. The highest BCUT2D eigenvalue weighted by molar-refractivity contribution is 5.04. The zero-order valence-corrected chi connectivity index (χ0v) is 10.7. The molecule has 0 aliphatic carbocycles. The van der Waals surface area contributed by atoms with E-state index in [1.807, 2.05) is 12.3 Å². The summed E-state index contributed by atoms with van der Waals surface area (Å²) in [6, 6.07) is 2.02. The molecule has 0 aliphatic heterocycles. The Morgan fingerprint density at radius 2 is 2.25 bits per heavy atom. The van der Waals surface area contributed by atoms with Gasteiger partial charge in [-0.3, -0.25) is 0 Å². The third kappa shape index (κ3) is 5.93. The minimum Gasteiger partial charge on any atom is -0.472 e. The van der Waals surface area contributed by atoms with Crippen molar-refractivity contribution in [2.45, 2.75) is 26.8 Å². The summed E-state index contributed by atoms with van der Waals surface area (Å²) >= 11 is 0. The van der Waals surface area contributed by atoms with Crippen molar-refractivity contribution in [1.82, 2.24) is 10.2 Å².